The highest BCUT2D eigenvalue weighted by Crippen LogP contribution is 2.21. The van der Waals surface area contributed by atoms with Gasteiger partial charge >= 0.3 is 0 Å². The Morgan fingerprint density at radius 3 is 2.62 bits per heavy atom. The smallest absolute Gasteiger partial charge is 0.240 e. The third-order valence-corrected chi connectivity index (χ3v) is 5.25. The van der Waals surface area contributed by atoms with E-state index in [1.807, 2.05) is 6.92 Å². The zero-order valence-electron chi connectivity index (χ0n) is 12.9. The van der Waals surface area contributed by atoms with E-state index >= 15 is 0 Å². The van der Waals surface area contributed by atoms with Crippen molar-refractivity contribution in [1.82, 2.24) is 10.0 Å². The molecule has 6 heteroatoms. The van der Waals surface area contributed by atoms with Crippen LogP contribution in [0.5, 0.6) is 0 Å². The van der Waals surface area contributed by atoms with Crippen LogP contribution >= 0.6 is 11.6 Å². The van der Waals surface area contributed by atoms with Crippen LogP contribution in [0.2, 0.25) is 5.02 Å². The summed E-state index contributed by atoms with van der Waals surface area (Å²) in [5.41, 5.74) is 0.778. The number of benzene rings is 1. The molecule has 1 rings (SSSR count). The molecule has 1 unspecified atom stereocenters. The Morgan fingerprint density at radius 2 is 2.00 bits per heavy atom. The van der Waals surface area contributed by atoms with E-state index < -0.39 is 10.0 Å². The van der Waals surface area contributed by atoms with Crippen LogP contribution in [0.1, 0.15) is 45.1 Å². The molecule has 0 radical (unpaired) electrons. The minimum atomic E-state index is -3.49. The first-order valence-corrected chi connectivity index (χ1v) is 9.22. The molecule has 2 N–H and O–H groups in total. The second-order valence-corrected chi connectivity index (χ2v) is 7.42. The van der Waals surface area contributed by atoms with Crippen molar-refractivity contribution in [2.45, 2.75) is 57.0 Å². The van der Waals surface area contributed by atoms with Gasteiger partial charge in [0.15, 0.2) is 0 Å². The molecule has 1 aromatic carbocycles. The Hall–Kier alpha value is -0.620. The summed E-state index contributed by atoms with van der Waals surface area (Å²) < 4.78 is 27.5. The maximum atomic E-state index is 12.4. The van der Waals surface area contributed by atoms with Crippen molar-refractivity contribution in [2.75, 3.05) is 7.05 Å². The summed E-state index contributed by atoms with van der Waals surface area (Å²) in [5.74, 6) is 0. The number of hydrogen-bond donors (Lipinski definition) is 2. The van der Waals surface area contributed by atoms with E-state index in [1.165, 1.54) is 0 Å². The van der Waals surface area contributed by atoms with Crippen LogP contribution < -0.4 is 10.0 Å². The van der Waals surface area contributed by atoms with E-state index in [2.05, 4.69) is 17.0 Å². The van der Waals surface area contributed by atoms with Crippen molar-refractivity contribution in [3.05, 3.63) is 28.8 Å². The molecule has 0 heterocycles. The maximum Gasteiger partial charge on any atom is 0.240 e. The third-order valence-electron chi connectivity index (χ3n) is 3.29. The second kappa shape index (κ2) is 8.73. The highest BCUT2D eigenvalue weighted by molar-refractivity contribution is 7.89. The van der Waals surface area contributed by atoms with Gasteiger partial charge in [0.1, 0.15) is 0 Å². The lowest BCUT2D eigenvalue weighted by atomic mass is 10.1. The molecule has 0 spiro atoms. The number of sulfonamides is 1. The fourth-order valence-corrected chi connectivity index (χ4v) is 3.65. The van der Waals surface area contributed by atoms with Crippen LogP contribution in [0.4, 0.5) is 0 Å². The van der Waals surface area contributed by atoms with Crippen molar-refractivity contribution in [3.8, 4) is 0 Å². The topological polar surface area (TPSA) is 58.2 Å². The van der Waals surface area contributed by atoms with E-state index in [0.29, 0.717) is 11.6 Å². The van der Waals surface area contributed by atoms with E-state index in [-0.39, 0.29) is 10.9 Å². The first-order chi connectivity index (χ1) is 9.90. The molecule has 4 nitrogen and oxygen atoms in total. The zero-order valence-corrected chi connectivity index (χ0v) is 14.5. The molecule has 1 atom stereocenters. The summed E-state index contributed by atoms with van der Waals surface area (Å²) in [6, 6.07) is 4.73. The fourth-order valence-electron chi connectivity index (χ4n) is 2.14. The monoisotopic (exact) mass is 332 g/mol. The van der Waals surface area contributed by atoms with Gasteiger partial charge in [0, 0.05) is 17.6 Å². The van der Waals surface area contributed by atoms with Crippen molar-refractivity contribution in [1.29, 1.82) is 0 Å². The molecule has 0 aliphatic carbocycles. The van der Waals surface area contributed by atoms with Crippen LogP contribution in [-0.2, 0) is 16.6 Å². The minimum Gasteiger partial charge on any atom is -0.316 e. The molecule has 0 saturated heterocycles. The Labute approximate surface area is 133 Å². The summed E-state index contributed by atoms with van der Waals surface area (Å²) in [7, 11) is -1.69. The van der Waals surface area contributed by atoms with Gasteiger partial charge in [0.25, 0.3) is 0 Å². The summed E-state index contributed by atoms with van der Waals surface area (Å²) in [4.78, 5) is 0.263. The molecule has 0 aliphatic rings. The highest BCUT2D eigenvalue weighted by atomic mass is 35.5. The van der Waals surface area contributed by atoms with Gasteiger partial charge < -0.3 is 5.32 Å². The molecule has 120 valence electrons. The van der Waals surface area contributed by atoms with Gasteiger partial charge in [-0.2, -0.15) is 0 Å². The van der Waals surface area contributed by atoms with E-state index in [4.69, 9.17) is 11.6 Å². The van der Waals surface area contributed by atoms with Crippen LogP contribution in [0.25, 0.3) is 0 Å². The van der Waals surface area contributed by atoms with Gasteiger partial charge in [-0.1, -0.05) is 37.8 Å². The Bertz CT molecular complexity index is 547. The zero-order chi connectivity index (χ0) is 15.9. The van der Waals surface area contributed by atoms with Gasteiger partial charge in [-0.25, -0.2) is 13.1 Å². The lowest BCUT2D eigenvalue weighted by Gasteiger charge is -2.15. The van der Waals surface area contributed by atoms with Crippen LogP contribution in [0, 0.1) is 0 Å². The largest absolute Gasteiger partial charge is 0.316 e. The van der Waals surface area contributed by atoms with Gasteiger partial charge in [0.2, 0.25) is 10.0 Å². The number of rotatable bonds is 9. The van der Waals surface area contributed by atoms with Gasteiger partial charge in [0.05, 0.1) is 4.90 Å². The van der Waals surface area contributed by atoms with E-state index in [9.17, 15) is 8.42 Å². The molecule has 0 aliphatic heterocycles. The van der Waals surface area contributed by atoms with Crippen LogP contribution in [0.15, 0.2) is 23.1 Å². The normalized spacial score (nSPS) is 13.3. The quantitative estimate of drug-likeness (QED) is 0.682. The molecule has 0 amide bonds. The van der Waals surface area contributed by atoms with Crippen LogP contribution in [-0.4, -0.2) is 21.5 Å². The van der Waals surface area contributed by atoms with Crippen molar-refractivity contribution >= 4 is 21.6 Å². The third kappa shape index (κ3) is 5.94. The molecule has 0 saturated carbocycles. The Kier molecular flexibility index (Phi) is 7.66. The molecular formula is C15H25ClN2O2S. The summed E-state index contributed by atoms with van der Waals surface area (Å²) in [6.07, 6.45) is 4.14. The molecule has 0 aromatic heterocycles. The van der Waals surface area contributed by atoms with Crippen molar-refractivity contribution in [2.24, 2.45) is 0 Å². The predicted octanol–water partition coefficient (Wildman–Crippen LogP) is 3.31. The van der Waals surface area contributed by atoms with E-state index in [0.717, 1.165) is 31.2 Å². The average molecular weight is 333 g/mol. The minimum absolute atomic E-state index is 0.0648. The maximum absolute atomic E-state index is 12.4. The van der Waals surface area contributed by atoms with Crippen molar-refractivity contribution in [3.63, 3.8) is 0 Å². The highest BCUT2D eigenvalue weighted by Gasteiger charge is 2.18. The first kappa shape index (κ1) is 18.4. The first-order valence-electron chi connectivity index (χ1n) is 7.36. The Balaban J connectivity index is 2.80. The fraction of sp³-hybridized carbons (Fsp3) is 0.600. The van der Waals surface area contributed by atoms with Crippen molar-refractivity contribution < 1.29 is 8.42 Å². The average Bonchev–Trinajstić information content (AvgIpc) is 2.41. The summed E-state index contributed by atoms with van der Waals surface area (Å²) >= 11 is 6.06. The standard InChI is InChI=1S/C15H25ClN2O2S/c1-4-5-6-7-12(2)18-21(19,20)14-8-9-15(16)13(10-14)11-17-3/h8-10,12,17-18H,4-7,11H2,1-3H3. The number of halogens is 1. The molecule has 21 heavy (non-hydrogen) atoms. The van der Waals surface area contributed by atoms with Gasteiger partial charge in [-0.15, -0.1) is 0 Å². The van der Waals surface area contributed by atoms with Crippen LogP contribution in [0.3, 0.4) is 0 Å². The Morgan fingerprint density at radius 1 is 1.29 bits per heavy atom. The molecule has 1 aromatic rings. The summed E-state index contributed by atoms with van der Waals surface area (Å²) in [6.45, 7) is 4.57. The lowest BCUT2D eigenvalue weighted by Crippen LogP contribution is -2.32. The molecule has 0 fully saturated rings. The lowest BCUT2D eigenvalue weighted by molar-refractivity contribution is 0.527. The molecular weight excluding hydrogens is 308 g/mol. The van der Waals surface area contributed by atoms with Gasteiger partial charge in [-0.3, -0.25) is 0 Å². The SMILES string of the molecule is CCCCCC(C)NS(=O)(=O)c1ccc(Cl)c(CNC)c1. The number of nitrogens with one attached hydrogen (secondary N) is 2. The predicted molar refractivity (Wildman–Crippen MR) is 88.1 cm³/mol. The second-order valence-electron chi connectivity index (χ2n) is 5.30. The number of hydrogen-bond acceptors (Lipinski definition) is 3. The summed E-state index contributed by atoms with van der Waals surface area (Å²) in [5, 5.41) is 3.55. The van der Waals surface area contributed by atoms with Gasteiger partial charge in [-0.05, 0) is 44.2 Å². The van der Waals surface area contributed by atoms with E-state index in [1.54, 1.807) is 25.2 Å². The number of unbranched alkanes of at least 4 members (excludes halogenated alkanes) is 2. The molecule has 0 bridgehead atoms.